The van der Waals surface area contributed by atoms with Gasteiger partial charge in [-0.1, -0.05) is 48.5 Å². The predicted octanol–water partition coefficient (Wildman–Crippen LogP) is 4.26. The summed E-state index contributed by atoms with van der Waals surface area (Å²) in [5.74, 6) is -0.602. The van der Waals surface area contributed by atoms with Crippen LogP contribution in [-0.2, 0) is 16.1 Å². The molecule has 0 saturated heterocycles. The van der Waals surface area contributed by atoms with E-state index in [0.29, 0.717) is 30.3 Å². The minimum Gasteiger partial charge on any atom is -0.494 e. The SMILES string of the molecule is CCOc1ccc(NC(=O)C(=O)N(Cc2ccccc2)c2ccccc2)cc1. The summed E-state index contributed by atoms with van der Waals surface area (Å²) < 4.78 is 5.39. The maximum absolute atomic E-state index is 12.9. The number of nitrogens with one attached hydrogen (secondary N) is 1. The molecule has 2 amide bonds. The highest BCUT2D eigenvalue weighted by Crippen LogP contribution is 2.19. The second-order valence-electron chi connectivity index (χ2n) is 6.12. The van der Waals surface area contributed by atoms with Gasteiger partial charge in [0.2, 0.25) is 0 Å². The third-order valence-corrected chi connectivity index (χ3v) is 4.11. The summed E-state index contributed by atoms with van der Waals surface area (Å²) in [6, 6.07) is 25.7. The van der Waals surface area contributed by atoms with E-state index >= 15 is 0 Å². The van der Waals surface area contributed by atoms with Crippen LogP contribution in [0.15, 0.2) is 84.9 Å². The molecule has 1 N–H and O–H groups in total. The van der Waals surface area contributed by atoms with Crippen LogP contribution in [0.3, 0.4) is 0 Å². The summed E-state index contributed by atoms with van der Waals surface area (Å²) in [5.41, 5.74) is 2.14. The van der Waals surface area contributed by atoms with E-state index in [1.807, 2.05) is 67.6 Å². The fourth-order valence-electron chi connectivity index (χ4n) is 2.76. The van der Waals surface area contributed by atoms with Crippen LogP contribution in [0.4, 0.5) is 11.4 Å². The van der Waals surface area contributed by atoms with Crippen molar-refractivity contribution in [3.8, 4) is 5.75 Å². The highest BCUT2D eigenvalue weighted by atomic mass is 16.5. The van der Waals surface area contributed by atoms with Crippen molar-refractivity contribution in [2.45, 2.75) is 13.5 Å². The number of para-hydroxylation sites is 1. The van der Waals surface area contributed by atoms with E-state index in [4.69, 9.17) is 4.74 Å². The first kappa shape index (κ1) is 19.2. The quantitative estimate of drug-likeness (QED) is 0.656. The molecule has 0 aromatic heterocycles. The molecule has 0 aliphatic carbocycles. The molecule has 3 rings (SSSR count). The van der Waals surface area contributed by atoms with Gasteiger partial charge in [0.15, 0.2) is 0 Å². The van der Waals surface area contributed by atoms with Crippen LogP contribution < -0.4 is 15.0 Å². The van der Waals surface area contributed by atoms with E-state index in [1.54, 1.807) is 24.3 Å². The molecule has 0 aliphatic rings. The zero-order valence-corrected chi connectivity index (χ0v) is 15.7. The van der Waals surface area contributed by atoms with Crippen molar-refractivity contribution in [1.29, 1.82) is 0 Å². The van der Waals surface area contributed by atoms with E-state index in [1.165, 1.54) is 4.90 Å². The Bertz CT molecular complexity index is 910. The van der Waals surface area contributed by atoms with Crippen molar-refractivity contribution in [3.05, 3.63) is 90.5 Å². The molecule has 0 fully saturated rings. The van der Waals surface area contributed by atoms with Gasteiger partial charge >= 0.3 is 11.8 Å². The van der Waals surface area contributed by atoms with Gasteiger partial charge in [-0.05, 0) is 48.9 Å². The van der Waals surface area contributed by atoms with E-state index in [9.17, 15) is 9.59 Å². The van der Waals surface area contributed by atoms with Crippen molar-refractivity contribution in [2.75, 3.05) is 16.8 Å². The van der Waals surface area contributed by atoms with Crippen LogP contribution in [-0.4, -0.2) is 18.4 Å². The van der Waals surface area contributed by atoms with Gasteiger partial charge in [-0.25, -0.2) is 0 Å². The minimum absolute atomic E-state index is 0.306. The fourth-order valence-corrected chi connectivity index (χ4v) is 2.76. The van der Waals surface area contributed by atoms with Crippen LogP contribution in [0.1, 0.15) is 12.5 Å². The molecular formula is C23H22N2O3. The molecule has 0 heterocycles. The Hall–Kier alpha value is -3.60. The molecule has 0 bridgehead atoms. The van der Waals surface area contributed by atoms with Crippen molar-refractivity contribution in [2.24, 2.45) is 0 Å². The molecule has 28 heavy (non-hydrogen) atoms. The average Bonchev–Trinajstić information content (AvgIpc) is 2.74. The molecule has 0 aliphatic heterocycles. The number of carbonyl (C=O) groups is 2. The first-order valence-electron chi connectivity index (χ1n) is 9.12. The lowest BCUT2D eigenvalue weighted by Gasteiger charge is -2.22. The Morgan fingerprint density at radius 3 is 2.07 bits per heavy atom. The Morgan fingerprint density at radius 2 is 1.46 bits per heavy atom. The molecular weight excluding hydrogens is 352 g/mol. The molecule has 5 nitrogen and oxygen atoms in total. The van der Waals surface area contributed by atoms with E-state index in [-0.39, 0.29) is 0 Å². The number of carbonyl (C=O) groups excluding carboxylic acids is 2. The van der Waals surface area contributed by atoms with E-state index in [2.05, 4.69) is 5.32 Å². The number of hydrogen-bond acceptors (Lipinski definition) is 3. The third kappa shape index (κ3) is 4.98. The molecule has 0 saturated carbocycles. The lowest BCUT2D eigenvalue weighted by Crippen LogP contribution is -2.39. The summed E-state index contributed by atoms with van der Waals surface area (Å²) in [7, 11) is 0. The van der Waals surface area contributed by atoms with Crippen molar-refractivity contribution >= 4 is 23.2 Å². The molecule has 0 atom stereocenters. The number of hydrogen-bond donors (Lipinski definition) is 1. The van der Waals surface area contributed by atoms with Gasteiger partial charge in [-0.15, -0.1) is 0 Å². The second-order valence-corrected chi connectivity index (χ2v) is 6.12. The summed E-state index contributed by atoms with van der Waals surface area (Å²) in [5, 5.41) is 2.66. The molecule has 3 aromatic carbocycles. The number of nitrogens with zero attached hydrogens (tertiary/aromatic N) is 1. The average molecular weight is 374 g/mol. The van der Waals surface area contributed by atoms with Crippen LogP contribution in [0, 0.1) is 0 Å². The highest BCUT2D eigenvalue weighted by molar-refractivity contribution is 6.44. The largest absolute Gasteiger partial charge is 0.494 e. The summed E-state index contributed by atoms with van der Waals surface area (Å²) in [6.45, 7) is 2.77. The zero-order valence-electron chi connectivity index (χ0n) is 15.7. The normalized spacial score (nSPS) is 10.2. The molecule has 3 aromatic rings. The van der Waals surface area contributed by atoms with Gasteiger partial charge in [0.1, 0.15) is 5.75 Å². The first-order chi connectivity index (χ1) is 13.7. The van der Waals surface area contributed by atoms with Crippen molar-refractivity contribution in [1.82, 2.24) is 0 Å². The Kier molecular flexibility index (Phi) is 6.41. The molecule has 0 radical (unpaired) electrons. The molecule has 0 unspecified atom stereocenters. The van der Waals surface area contributed by atoms with E-state index in [0.717, 1.165) is 5.56 Å². The van der Waals surface area contributed by atoms with Gasteiger partial charge in [-0.3, -0.25) is 14.5 Å². The number of benzene rings is 3. The monoisotopic (exact) mass is 374 g/mol. The second kappa shape index (κ2) is 9.37. The summed E-state index contributed by atoms with van der Waals surface area (Å²) in [4.78, 5) is 27.0. The fraction of sp³-hybridized carbons (Fsp3) is 0.130. The van der Waals surface area contributed by atoms with Crippen molar-refractivity contribution < 1.29 is 14.3 Å². The smallest absolute Gasteiger partial charge is 0.316 e. The Morgan fingerprint density at radius 1 is 0.857 bits per heavy atom. The third-order valence-electron chi connectivity index (χ3n) is 4.11. The summed E-state index contributed by atoms with van der Waals surface area (Å²) in [6.07, 6.45) is 0. The van der Waals surface area contributed by atoms with Gasteiger partial charge in [-0.2, -0.15) is 0 Å². The van der Waals surface area contributed by atoms with E-state index < -0.39 is 11.8 Å². The maximum Gasteiger partial charge on any atom is 0.316 e. The number of amides is 2. The van der Waals surface area contributed by atoms with Crippen molar-refractivity contribution in [3.63, 3.8) is 0 Å². The first-order valence-corrected chi connectivity index (χ1v) is 9.12. The maximum atomic E-state index is 12.9. The van der Waals surface area contributed by atoms with Gasteiger partial charge in [0.25, 0.3) is 0 Å². The predicted molar refractivity (Wildman–Crippen MR) is 110 cm³/mol. The highest BCUT2D eigenvalue weighted by Gasteiger charge is 2.23. The Labute approximate surface area is 164 Å². The summed E-state index contributed by atoms with van der Waals surface area (Å²) >= 11 is 0. The van der Waals surface area contributed by atoms with Crippen LogP contribution in [0.5, 0.6) is 5.75 Å². The lowest BCUT2D eigenvalue weighted by molar-refractivity contribution is -0.134. The lowest BCUT2D eigenvalue weighted by atomic mass is 10.2. The molecule has 5 heteroatoms. The van der Waals surface area contributed by atoms with Gasteiger partial charge in [0.05, 0.1) is 13.2 Å². The van der Waals surface area contributed by atoms with Crippen LogP contribution in [0.2, 0.25) is 0 Å². The topological polar surface area (TPSA) is 58.6 Å². The number of anilines is 2. The van der Waals surface area contributed by atoms with Gasteiger partial charge < -0.3 is 10.1 Å². The van der Waals surface area contributed by atoms with Crippen LogP contribution in [0.25, 0.3) is 0 Å². The number of rotatable bonds is 6. The Balaban J connectivity index is 1.77. The zero-order chi connectivity index (χ0) is 19.8. The van der Waals surface area contributed by atoms with Crippen LogP contribution >= 0.6 is 0 Å². The minimum atomic E-state index is -0.691. The molecule has 0 spiro atoms. The molecule has 142 valence electrons. The number of ether oxygens (including phenoxy) is 1. The standard InChI is InChI=1S/C23H22N2O3/c1-2-28-21-15-13-19(14-16-21)24-22(26)23(27)25(20-11-7-4-8-12-20)17-18-9-5-3-6-10-18/h3-16H,2,17H2,1H3,(H,24,26). The van der Waals surface area contributed by atoms with Gasteiger partial charge in [0, 0.05) is 11.4 Å².